The first-order valence-corrected chi connectivity index (χ1v) is 8.76. The number of nitrogens with one attached hydrogen (secondary N) is 1. The highest BCUT2D eigenvalue weighted by Crippen LogP contribution is 2.35. The van der Waals surface area contributed by atoms with E-state index in [9.17, 15) is 4.79 Å². The van der Waals surface area contributed by atoms with Crippen LogP contribution in [0.1, 0.15) is 52.4 Å². The van der Waals surface area contributed by atoms with Crippen molar-refractivity contribution in [2.24, 2.45) is 5.73 Å². The summed E-state index contributed by atoms with van der Waals surface area (Å²) in [6, 6.07) is 8.12. The van der Waals surface area contributed by atoms with Gasteiger partial charge < -0.3 is 11.1 Å². The molecule has 0 radical (unpaired) electrons. The smallest absolute Gasteiger partial charge is 0.244 e. The molecule has 1 aromatic rings. The summed E-state index contributed by atoms with van der Waals surface area (Å²) in [7, 11) is 0. The van der Waals surface area contributed by atoms with Gasteiger partial charge in [-0.15, -0.1) is 24.2 Å². The maximum absolute atomic E-state index is 12.1. The minimum absolute atomic E-state index is 0. The molecule has 0 saturated heterocycles. The van der Waals surface area contributed by atoms with E-state index < -0.39 is 5.54 Å². The monoisotopic (exact) mass is 342 g/mol. The zero-order valence-electron chi connectivity index (χ0n) is 13.4. The summed E-state index contributed by atoms with van der Waals surface area (Å²) in [5.74, 6) is -0.111. The molecule has 124 valence electrons. The Morgan fingerprint density at radius 2 is 1.91 bits per heavy atom. The lowest BCUT2D eigenvalue weighted by Crippen LogP contribution is -2.48. The van der Waals surface area contributed by atoms with E-state index in [0.717, 1.165) is 17.4 Å². The zero-order valence-corrected chi connectivity index (χ0v) is 15.1. The molecular weight excluding hydrogens is 316 g/mol. The van der Waals surface area contributed by atoms with Crippen molar-refractivity contribution >= 4 is 35.8 Å². The topological polar surface area (TPSA) is 55.1 Å². The van der Waals surface area contributed by atoms with E-state index in [1.165, 1.54) is 30.6 Å². The first-order valence-electron chi connectivity index (χ1n) is 7.88. The molecule has 3 N–H and O–H groups in total. The van der Waals surface area contributed by atoms with E-state index in [4.69, 9.17) is 5.73 Å². The lowest BCUT2D eigenvalue weighted by Gasteiger charge is -2.22. The minimum atomic E-state index is -0.800. The quantitative estimate of drug-likeness (QED) is 0.794. The summed E-state index contributed by atoms with van der Waals surface area (Å²) < 4.78 is 0. The number of nitrogens with two attached hydrogens (primary N) is 1. The summed E-state index contributed by atoms with van der Waals surface area (Å²) >= 11 is 1.96. The predicted molar refractivity (Wildman–Crippen MR) is 97.9 cm³/mol. The zero-order chi connectivity index (χ0) is 15.3. The molecule has 0 bridgehead atoms. The lowest BCUT2D eigenvalue weighted by atomic mass is 9.96. The molecule has 1 aromatic carbocycles. The highest BCUT2D eigenvalue weighted by Gasteiger charge is 2.27. The van der Waals surface area contributed by atoms with Crippen molar-refractivity contribution in [3.05, 3.63) is 24.3 Å². The Kier molecular flexibility index (Phi) is 7.74. The van der Waals surface area contributed by atoms with Gasteiger partial charge in [0, 0.05) is 15.8 Å². The van der Waals surface area contributed by atoms with Gasteiger partial charge in [0.2, 0.25) is 5.91 Å². The van der Waals surface area contributed by atoms with Crippen molar-refractivity contribution in [2.45, 2.75) is 68.1 Å². The lowest BCUT2D eigenvalue weighted by molar-refractivity contribution is -0.120. The summed E-state index contributed by atoms with van der Waals surface area (Å²) in [5.41, 5.74) is 6.06. The number of thioether (sulfide) groups is 1. The fourth-order valence-corrected chi connectivity index (χ4v) is 3.97. The highest BCUT2D eigenvalue weighted by atomic mass is 35.5. The van der Waals surface area contributed by atoms with Crippen molar-refractivity contribution in [2.75, 3.05) is 5.32 Å². The molecule has 3 nitrogen and oxygen atoms in total. The number of benzene rings is 1. The Hall–Kier alpha value is -0.710. The van der Waals surface area contributed by atoms with E-state index in [-0.39, 0.29) is 18.3 Å². The number of carbonyl (C=O) groups excluding carboxylic acids is 1. The first-order chi connectivity index (χ1) is 10.0. The second-order valence-electron chi connectivity index (χ2n) is 6.17. The largest absolute Gasteiger partial charge is 0.325 e. The van der Waals surface area contributed by atoms with Crippen molar-refractivity contribution in [1.82, 2.24) is 0 Å². The molecule has 1 amide bonds. The Labute approximate surface area is 144 Å². The SMILES string of the molecule is CCCC(C)(N)C(=O)Nc1ccc(SC2CCCC2)cc1.Cl. The number of anilines is 1. The molecule has 22 heavy (non-hydrogen) atoms. The second kappa shape index (κ2) is 8.80. The number of hydrogen-bond donors (Lipinski definition) is 2. The van der Waals surface area contributed by atoms with E-state index >= 15 is 0 Å². The summed E-state index contributed by atoms with van der Waals surface area (Å²) in [4.78, 5) is 13.4. The van der Waals surface area contributed by atoms with Gasteiger partial charge in [-0.25, -0.2) is 0 Å². The van der Waals surface area contributed by atoms with E-state index in [1.54, 1.807) is 6.92 Å². The van der Waals surface area contributed by atoms with Gasteiger partial charge >= 0.3 is 0 Å². The molecule has 1 atom stereocenters. The normalized spacial score (nSPS) is 17.6. The summed E-state index contributed by atoms with van der Waals surface area (Å²) in [6.07, 6.45) is 6.96. The third-order valence-electron chi connectivity index (χ3n) is 4.01. The number of amides is 1. The van der Waals surface area contributed by atoms with Crippen molar-refractivity contribution < 1.29 is 4.79 Å². The van der Waals surface area contributed by atoms with Crippen LogP contribution in [0.2, 0.25) is 0 Å². The van der Waals surface area contributed by atoms with Gasteiger partial charge in [0.15, 0.2) is 0 Å². The van der Waals surface area contributed by atoms with Crippen LogP contribution < -0.4 is 11.1 Å². The van der Waals surface area contributed by atoms with Crippen LogP contribution in [0.4, 0.5) is 5.69 Å². The average molecular weight is 343 g/mol. The Balaban J connectivity index is 0.00000242. The fourth-order valence-electron chi connectivity index (χ4n) is 2.72. The molecule has 1 aliphatic carbocycles. The molecule has 5 heteroatoms. The second-order valence-corrected chi connectivity index (χ2v) is 7.54. The molecule has 1 aliphatic rings. The molecule has 0 heterocycles. The molecule has 0 aromatic heterocycles. The molecule has 0 aliphatic heterocycles. The van der Waals surface area contributed by atoms with Crippen molar-refractivity contribution in [1.29, 1.82) is 0 Å². The Morgan fingerprint density at radius 1 is 1.32 bits per heavy atom. The van der Waals surface area contributed by atoms with Gasteiger partial charge in [0.25, 0.3) is 0 Å². The van der Waals surface area contributed by atoms with Crippen LogP contribution in [0, 0.1) is 0 Å². The van der Waals surface area contributed by atoms with E-state index in [2.05, 4.69) is 17.4 Å². The molecule has 0 spiro atoms. The number of carbonyl (C=O) groups is 1. The maximum Gasteiger partial charge on any atom is 0.244 e. The third-order valence-corrected chi connectivity index (χ3v) is 5.35. The number of rotatable bonds is 6. The molecule has 1 unspecified atom stereocenters. The van der Waals surface area contributed by atoms with Gasteiger partial charge in [0.05, 0.1) is 5.54 Å². The standard InChI is InChI=1S/C17H26N2OS.ClH/c1-3-12-17(2,18)16(20)19-13-8-10-15(11-9-13)21-14-6-4-5-7-14;/h8-11,14H,3-7,12,18H2,1-2H3,(H,19,20);1H. The molecule has 2 rings (SSSR count). The van der Waals surface area contributed by atoms with Gasteiger partial charge in [0.1, 0.15) is 0 Å². The van der Waals surface area contributed by atoms with Crippen LogP contribution in [-0.4, -0.2) is 16.7 Å². The van der Waals surface area contributed by atoms with Gasteiger partial charge in [-0.05, 0) is 50.5 Å². The molecular formula is C17H27ClN2OS. The maximum atomic E-state index is 12.1. The number of hydrogen-bond acceptors (Lipinski definition) is 3. The fraction of sp³-hybridized carbons (Fsp3) is 0.588. The van der Waals surface area contributed by atoms with Crippen molar-refractivity contribution in [3.63, 3.8) is 0 Å². The summed E-state index contributed by atoms with van der Waals surface area (Å²) in [5, 5.41) is 3.68. The van der Waals surface area contributed by atoms with Gasteiger partial charge in [-0.2, -0.15) is 0 Å². The molecule has 1 saturated carbocycles. The van der Waals surface area contributed by atoms with Crippen LogP contribution in [0.3, 0.4) is 0 Å². The van der Waals surface area contributed by atoms with Crippen LogP contribution in [0.15, 0.2) is 29.2 Å². The van der Waals surface area contributed by atoms with E-state index in [1.807, 2.05) is 30.8 Å². The molecule has 1 fully saturated rings. The van der Waals surface area contributed by atoms with Crippen LogP contribution in [-0.2, 0) is 4.79 Å². The Morgan fingerprint density at radius 3 is 2.45 bits per heavy atom. The highest BCUT2D eigenvalue weighted by molar-refractivity contribution is 8.00. The van der Waals surface area contributed by atoms with Crippen molar-refractivity contribution in [3.8, 4) is 0 Å². The van der Waals surface area contributed by atoms with Crippen LogP contribution >= 0.6 is 24.2 Å². The number of halogens is 1. The van der Waals surface area contributed by atoms with Crippen LogP contribution in [0.5, 0.6) is 0 Å². The third kappa shape index (κ3) is 5.49. The average Bonchev–Trinajstić information content (AvgIpc) is 2.94. The predicted octanol–water partition coefficient (Wildman–Crippen LogP) is 4.60. The van der Waals surface area contributed by atoms with Crippen LogP contribution in [0.25, 0.3) is 0 Å². The minimum Gasteiger partial charge on any atom is -0.325 e. The van der Waals surface area contributed by atoms with Gasteiger partial charge in [-0.1, -0.05) is 26.2 Å². The van der Waals surface area contributed by atoms with Gasteiger partial charge in [-0.3, -0.25) is 4.79 Å². The summed E-state index contributed by atoms with van der Waals surface area (Å²) in [6.45, 7) is 3.82. The Bertz CT molecular complexity index is 470. The van der Waals surface area contributed by atoms with E-state index in [0.29, 0.717) is 6.42 Å². The first kappa shape index (κ1) is 19.3.